The smallest absolute Gasteiger partial charge is 0.341 e. The molecule has 9 heteroatoms. The molecule has 0 aliphatic rings. The number of rotatable bonds is 6. The van der Waals surface area contributed by atoms with Crippen LogP contribution < -0.4 is 10.2 Å². The maximum atomic E-state index is 12.5. The monoisotopic (exact) mass is 446 g/mol. The number of benzene rings is 2. The van der Waals surface area contributed by atoms with Crippen molar-refractivity contribution in [3.63, 3.8) is 0 Å². The third kappa shape index (κ3) is 4.79. The number of alkyl halides is 2. The van der Waals surface area contributed by atoms with Gasteiger partial charge in [-0.05, 0) is 55.0 Å². The fourth-order valence-corrected chi connectivity index (χ4v) is 3.45. The number of sulfone groups is 1. The van der Waals surface area contributed by atoms with Gasteiger partial charge in [-0.2, -0.15) is 8.78 Å². The molecule has 1 N–H and O–H groups in total. The molecule has 26 heavy (non-hydrogen) atoms. The Bertz CT molecular complexity index is 903. The highest BCUT2D eigenvalue weighted by Gasteiger charge is 2.26. The van der Waals surface area contributed by atoms with E-state index in [2.05, 4.69) is 21.2 Å². The highest BCUT2D eigenvalue weighted by Crippen LogP contribution is 2.22. The summed E-state index contributed by atoms with van der Waals surface area (Å²) in [5.74, 6) is -3.73. The van der Waals surface area contributed by atoms with Crippen LogP contribution in [0, 0.1) is 6.92 Å². The number of carbonyl (C=O) groups excluding carboxylic acids is 1. The second-order valence-electron chi connectivity index (χ2n) is 5.66. The molecule has 2 aromatic rings. The third-order valence-corrected chi connectivity index (χ3v) is 5.58. The molecule has 2 rings (SSSR count). The number of anilines is 2. The average Bonchev–Trinajstić information content (AvgIpc) is 2.57. The Kier molecular flexibility index (Phi) is 6.35. The van der Waals surface area contributed by atoms with E-state index in [1.54, 1.807) is 18.0 Å². The van der Waals surface area contributed by atoms with Crippen LogP contribution in [-0.4, -0.2) is 33.7 Å². The molecule has 0 aromatic heterocycles. The van der Waals surface area contributed by atoms with Crippen molar-refractivity contribution in [2.24, 2.45) is 0 Å². The van der Waals surface area contributed by atoms with Crippen molar-refractivity contribution in [3.8, 4) is 0 Å². The Balaban J connectivity index is 2.05. The standard InChI is InChI=1S/C17H17BrF2N2O3S/c1-11-9-12(18)3-8-15(11)21-16(23)10-22(2)13-4-6-14(7-5-13)26(24,25)17(19)20/h3-9,17H,10H2,1-2H3,(H,21,23). The molecule has 1 amide bonds. The van der Waals surface area contributed by atoms with E-state index in [-0.39, 0.29) is 12.5 Å². The van der Waals surface area contributed by atoms with Crippen molar-refractivity contribution in [3.05, 3.63) is 52.5 Å². The quantitative estimate of drug-likeness (QED) is 0.731. The van der Waals surface area contributed by atoms with Crippen LogP contribution in [0.4, 0.5) is 20.2 Å². The van der Waals surface area contributed by atoms with Gasteiger partial charge in [-0.3, -0.25) is 4.79 Å². The molecule has 0 saturated carbocycles. The lowest BCUT2D eigenvalue weighted by molar-refractivity contribution is -0.114. The van der Waals surface area contributed by atoms with Crippen LogP contribution in [0.2, 0.25) is 0 Å². The van der Waals surface area contributed by atoms with Gasteiger partial charge in [0, 0.05) is 22.9 Å². The van der Waals surface area contributed by atoms with Crippen LogP contribution in [0.5, 0.6) is 0 Å². The molecular formula is C17H17BrF2N2O3S. The van der Waals surface area contributed by atoms with E-state index in [4.69, 9.17) is 0 Å². The first-order valence-electron chi connectivity index (χ1n) is 7.50. The number of nitrogens with one attached hydrogen (secondary N) is 1. The zero-order valence-corrected chi connectivity index (χ0v) is 16.4. The lowest BCUT2D eigenvalue weighted by Crippen LogP contribution is -2.30. The maximum Gasteiger partial charge on any atom is 0.341 e. The predicted molar refractivity (Wildman–Crippen MR) is 100 cm³/mol. The van der Waals surface area contributed by atoms with Crippen molar-refractivity contribution in [1.82, 2.24) is 0 Å². The first kappa shape index (κ1) is 20.3. The number of hydrogen-bond donors (Lipinski definition) is 1. The molecule has 0 saturated heterocycles. The second kappa shape index (κ2) is 8.13. The van der Waals surface area contributed by atoms with Gasteiger partial charge in [-0.1, -0.05) is 15.9 Å². The minimum Gasteiger partial charge on any atom is -0.365 e. The molecule has 2 aromatic carbocycles. The van der Waals surface area contributed by atoms with Gasteiger partial charge < -0.3 is 10.2 Å². The Morgan fingerprint density at radius 2 is 1.81 bits per heavy atom. The summed E-state index contributed by atoms with van der Waals surface area (Å²) in [5.41, 5.74) is 2.11. The number of aryl methyl sites for hydroxylation is 1. The van der Waals surface area contributed by atoms with Crippen molar-refractivity contribution in [2.75, 3.05) is 23.8 Å². The summed E-state index contributed by atoms with van der Waals surface area (Å²) in [6.07, 6.45) is 0. The van der Waals surface area contributed by atoms with Crippen LogP contribution in [0.3, 0.4) is 0 Å². The van der Waals surface area contributed by atoms with Crippen molar-refractivity contribution < 1.29 is 22.0 Å². The van der Waals surface area contributed by atoms with Crippen molar-refractivity contribution in [2.45, 2.75) is 17.6 Å². The maximum absolute atomic E-state index is 12.5. The van der Waals surface area contributed by atoms with Gasteiger partial charge in [-0.15, -0.1) is 0 Å². The van der Waals surface area contributed by atoms with Crippen LogP contribution in [0.25, 0.3) is 0 Å². The molecule has 5 nitrogen and oxygen atoms in total. The van der Waals surface area contributed by atoms with Crippen LogP contribution in [0.1, 0.15) is 5.56 Å². The Morgan fingerprint density at radius 1 is 1.19 bits per heavy atom. The lowest BCUT2D eigenvalue weighted by atomic mass is 10.2. The summed E-state index contributed by atoms with van der Waals surface area (Å²) < 4.78 is 48.8. The predicted octanol–water partition coefficient (Wildman–Crippen LogP) is 3.83. The molecule has 0 radical (unpaired) electrons. The molecule has 140 valence electrons. The molecule has 0 atom stereocenters. The number of hydrogen-bond acceptors (Lipinski definition) is 4. The number of halogens is 3. The summed E-state index contributed by atoms with van der Waals surface area (Å²) in [6, 6.07) is 10.4. The van der Waals surface area contributed by atoms with Gasteiger partial charge in [0.25, 0.3) is 0 Å². The minimum atomic E-state index is -4.63. The Hall–Kier alpha value is -2.00. The highest BCUT2D eigenvalue weighted by atomic mass is 79.9. The number of carbonyl (C=O) groups is 1. The molecule has 0 bridgehead atoms. The fourth-order valence-electron chi connectivity index (χ4n) is 2.26. The summed E-state index contributed by atoms with van der Waals surface area (Å²) in [7, 11) is -2.98. The number of nitrogens with zero attached hydrogens (tertiary/aromatic N) is 1. The molecule has 0 unspecified atom stereocenters. The van der Waals surface area contributed by atoms with Gasteiger partial charge in [0.2, 0.25) is 15.7 Å². The van der Waals surface area contributed by atoms with E-state index in [0.717, 1.165) is 22.2 Å². The van der Waals surface area contributed by atoms with Gasteiger partial charge in [0.15, 0.2) is 0 Å². The van der Waals surface area contributed by atoms with Crippen molar-refractivity contribution >= 4 is 43.0 Å². The van der Waals surface area contributed by atoms with Crippen LogP contribution in [-0.2, 0) is 14.6 Å². The number of likely N-dealkylation sites (N-methyl/N-ethyl adjacent to an activating group) is 1. The molecule has 0 fully saturated rings. The largest absolute Gasteiger partial charge is 0.365 e. The third-order valence-electron chi connectivity index (χ3n) is 3.68. The second-order valence-corrected chi connectivity index (χ2v) is 8.50. The minimum absolute atomic E-state index is 0.0104. The van der Waals surface area contributed by atoms with E-state index in [0.29, 0.717) is 11.4 Å². The lowest BCUT2D eigenvalue weighted by Gasteiger charge is -2.19. The molecule has 0 heterocycles. The average molecular weight is 447 g/mol. The van der Waals surface area contributed by atoms with Crippen LogP contribution >= 0.6 is 15.9 Å². The topological polar surface area (TPSA) is 66.5 Å². The van der Waals surface area contributed by atoms with Gasteiger partial charge in [0.05, 0.1) is 11.4 Å². The van der Waals surface area contributed by atoms with Crippen molar-refractivity contribution in [1.29, 1.82) is 0 Å². The summed E-state index contributed by atoms with van der Waals surface area (Å²) >= 11 is 3.35. The fraction of sp³-hybridized carbons (Fsp3) is 0.235. The molecular weight excluding hydrogens is 430 g/mol. The van der Waals surface area contributed by atoms with E-state index in [1.807, 2.05) is 19.1 Å². The normalized spacial score (nSPS) is 11.5. The zero-order valence-electron chi connectivity index (χ0n) is 14.0. The van der Waals surface area contributed by atoms with Gasteiger partial charge >= 0.3 is 5.76 Å². The van der Waals surface area contributed by atoms with E-state index in [9.17, 15) is 22.0 Å². The first-order valence-corrected chi connectivity index (χ1v) is 9.84. The van der Waals surface area contributed by atoms with Gasteiger partial charge in [-0.25, -0.2) is 8.42 Å². The van der Waals surface area contributed by atoms with Crippen LogP contribution in [0.15, 0.2) is 51.8 Å². The number of amides is 1. The molecule has 0 aliphatic carbocycles. The Morgan fingerprint density at radius 3 is 2.35 bits per heavy atom. The highest BCUT2D eigenvalue weighted by molar-refractivity contribution is 9.10. The first-order chi connectivity index (χ1) is 12.1. The Labute approximate surface area is 159 Å². The molecule has 0 aliphatic heterocycles. The summed E-state index contributed by atoms with van der Waals surface area (Å²) in [4.78, 5) is 13.3. The van der Waals surface area contributed by atoms with Gasteiger partial charge in [0.1, 0.15) is 0 Å². The SMILES string of the molecule is Cc1cc(Br)ccc1NC(=O)CN(C)c1ccc(S(=O)(=O)C(F)F)cc1. The summed E-state index contributed by atoms with van der Waals surface area (Å²) in [5, 5.41) is 2.79. The van der Waals surface area contributed by atoms with E-state index < -0.39 is 20.5 Å². The molecule has 0 spiro atoms. The zero-order chi connectivity index (χ0) is 19.5. The van der Waals surface area contributed by atoms with E-state index in [1.165, 1.54) is 12.1 Å². The summed E-state index contributed by atoms with van der Waals surface area (Å²) in [6.45, 7) is 1.88. The van der Waals surface area contributed by atoms with E-state index >= 15 is 0 Å².